The molecule has 2 aromatic rings. The Bertz CT molecular complexity index is 554. The van der Waals surface area contributed by atoms with Gasteiger partial charge in [-0.05, 0) is 24.1 Å². The Morgan fingerprint density at radius 1 is 1.11 bits per heavy atom. The van der Waals surface area contributed by atoms with Gasteiger partial charge in [0.05, 0.1) is 12.5 Å². The fourth-order valence-electron chi connectivity index (χ4n) is 1.93. The molecule has 3 heteroatoms. The molecule has 2 aromatic carbocycles. The minimum absolute atomic E-state index is 0.00353. The number of amides is 1. The Hall–Kier alpha value is -1.80. The Labute approximate surface area is 118 Å². The Morgan fingerprint density at radius 3 is 2.42 bits per heavy atom. The van der Waals surface area contributed by atoms with Crippen LogP contribution in [0.4, 0.5) is 0 Å². The zero-order valence-electron chi connectivity index (χ0n) is 10.8. The van der Waals surface area contributed by atoms with Crippen LogP contribution in [-0.2, 0) is 11.2 Å². The van der Waals surface area contributed by atoms with E-state index in [0.717, 1.165) is 11.1 Å². The van der Waals surface area contributed by atoms with Gasteiger partial charge in [0, 0.05) is 5.02 Å². The summed E-state index contributed by atoms with van der Waals surface area (Å²) in [6.07, 6.45) is 0.302. The molecule has 0 unspecified atom stereocenters. The van der Waals surface area contributed by atoms with Crippen molar-refractivity contribution in [3.8, 4) is 0 Å². The predicted octanol–water partition coefficient (Wildman–Crippen LogP) is 3.76. The molecule has 0 heterocycles. The molecule has 0 spiro atoms. The van der Waals surface area contributed by atoms with E-state index >= 15 is 0 Å². The molecule has 0 fully saturated rings. The van der Waals surface area contributed by atoms with Crippen LogP contribution < -0.4 is 5.32 Å². The zero-order chi connectivity index (χ0) is 13.7. The lowest BCUT2D eigenvalue weighted by atomic mass is 10.1. The molecule has 0 radical (unpaired) electrons. The summed E-state index contributed by atoms with van der Waals surface area (Å²) in [7, 11) is 0. The van der Waals surface area contributed by atoms with Crippen LogP contribution >= 0.6 is 11.6 Å². The van der Waals surface area contributed by atoms with Gasteiger partial charge in [0.1, 0.15) is 0 Å². The third-order valence-corrected chi connectivity index (χ3v) is 3.35. The fraction of sp³-hybridized carbons (Fsp3) is 0.188. The first-order chi connectivity index (χ1) is 9.16. The van der Waals surface area contributed by atoms with E-state index in [1.807, 2.05) is 55.5 Å². The maximum atomic E-state index is 12.0. The number of hydrogen-bond donors (Lipinski definition) is 1. The molecule has 1 N–H and O–H groups in total. The average molecular weight is 274 g/mol. The van der Waals surface area contributed by atoms with Crippen molar-refractivity contribution >= 4 is 17.5 Å². The normalized spacial score (nSPS) is 11.9. The van der Waals surface area contributed by atoms with E-state index in [2.05, 4.69) is 5.32 Å². The first kappa shape index (κ1) is 13.6. The van der Waals surface area contributed by atoms with Crippen LogP contribution in [0, 0.1) is 0 Å². The first-order valence-corrected chi connectivity index (χ1v) is 6.62. The van der Waals surface area contributed by atoms with Gasteiger partial charge in [-0.1, -0.05) is 60.1 Å². The predicted molar refractivity (Wildman–Crippen MR) is 78.2 cm³/mol. The molecule has 0 aliphatic carbocycles. The minimum Gasteiger partial charge on any atom is -0.349 e. The van der Waals surface area contributed by atoms with E-state index in [9.17, 15) is 4.79 Å². The molecule has 2 rings (SSSR count). The van der Waals surface area contributed by atoms with Gasteiger partial charge in [-0.3, -0.25) is 4.79 Å². The van der Waals surface area contributed by atoms with Crippen molar-refractivity contribution in [1.82, 2.24) is 5.32 Å². The molecule has 0 bridgehead atoms. The van der Waals surface area contributed by atoms with Gasteiger partial charge in [0.15, 0.2) is 0 Å². The van der Waals surface area contributed by atoms with Crippen molar-refractivity contribution in [3.05, 3.63) is 70.7 Å². The molecule has 98 valence electrons. The smallest absolute Gasteiger partial charge is 0.224 e. The molecule has 1 atom stereocenters. The van der Waals surface area contributed by atoms with Crippen molar-refractivity contribution in [2.45, 2.75) is 19.4 Å². The largest absolute Gasteiger partial charge is 0.349 e. The highest BCUT2D eigenvalue weighted by atomic mass is 35.5. The number of carbonyl (C=O) groups excluding carboxylic acids is 1. The summed E-state index contributed by atoms with van der Waals surface area (Å²) in [6.45, 7) is 1.97. The fourth-order valence-corrected chi connectivity index (χ4v) is 2.13. The van der Waals surface area contributed by atoms with Crippen molar-refractivity contribution in [2.75, 3.05) is 0 Å². The highest BCUT2D eigenvalue weighted by molar-refractivity contribution is 6.31. The summed E-state index contributed by atoms with van der Waals surface area (Å²) in [5.74, 6) is -0.0237. The van der Waals surface area contributed by atoms with Gasteiger partial charge in [0.25, 0.3) is 0 Å². The van der Waals surface area contributed by atoms with Gasteiger partial charge < -0.3 is 5.32 Å². The molecule has 0 saturated heterocycles. The lowest BCUT2D eigenvalue weighted by Crippen LogP contribution is -2.28. The van der Waals surface area contributed by atoms with Crippen LogP contribution in [0.25, 0.3) is 0 Å². The van der Waals surface area contributed by atoms with Gasteiger partial charge in [-0.15, -0.1) is 0 Å². The topological polar surface area (TPSA) is 29.1 Å². The molecule has 0 aliphatic rings. The van der Waals surface area contributed by atoms with Crippen LogP contribution in [0.5, 0.6) is 0 Å². The molecular formula is C16H16ClNO. The third kappa shape index (κ3) is 3.83. The van der Waals surface area contributed by atoms with Crippen LogP contribution in [0.1, 0.15) is 24.1 Å². The van der Waals surface area contributed by atoms with Crippen LogP contribution in [0.3, 0.4) is 0 Å². The van der Waals surface area contributed by atoms with Crippen molar-refractivity contribution in [1.29, 1.82) is 0 Å². The zero-order valence-corrected chi connectivity index (χ0v) is 11.5. The number of hydrogen-bond acceptors (Lipinski definition) is 1. The van der Waals surface area contributed by atoms with Gasteiger partial charge >= 0.3 is 0 Å². The maximum absolute atomic E-state index is 12.0. The molecule has 0 aliphatic heterocycles. The lowest BCUT2D eigenvalue weighted by molar-refractivity contribution is -0.121. The van der Waals surface area contributed by atoms with E-state index in [0.29, 0.717) is 11.4 Å². The van der Waals surface area contributed by atoms with E-state index < -0.39 is 0 Å². The second-order valence-corrected chi connectivity index (χ2v) is 4.88. The van der Waals surface area contributed by atoms with Crippen LogP contribution in [-0.4, -0.2) is 5.91 Å². The summed E-state index contributed by atoms with van der Waals surface area (Å²) in [5.41, 5.74) is 1.94. The molecule has 1 amide bonds. The second-order valence-electron chi connectivity index (χ2n) is 4.47. The highest BCUT2D eigenvalue weighted by Crippen LogP contribution is 2.16. The third-order valence-electron chi connectivity index (χ3n) is 2.99. The SMILES string of the molecule is C[C@@H](NC(=O)Cc1ccccc1Cl)c1ccccc1. The van der Waals surface area contributed by atoms with Gasteiger partial charge in [-0.2, -0.15) is 0 Å². The standard InChI is InChI=1S/C16H16ClNO/c1-12(13-7-3-2-4-8-13)18-16(19)11-14-9-5-6-10-15(14)17/h2-10,12H,11H2,1H3,(H,18,19)/t12-/m1/s1. The highest BCUT2D eigenvalue weighted by Gasteiger charge is 2.11. The molecular weight excluding hydrogens is 258 g/mol. The summed E-state index contributed by atoms with van der Waals surface area (Å²) >= 11 is 6.04. The summed E-state index contributed by atoms with van der Waals surface area (Å²) in [5, 5.41) is 3.60. The minimum atomic E-state index is -0.0237. The lowest BCUT2D eigenvalue weighted by Gasteiger charge is -2.14. The van der Waals surface area contributed by atoms with Crippen LogP contribution in [0.15, 0.2) is 54.6 Å². The van der Waals surface area contributed by atoms with Crippen LogP contribution in [0.2, 0.25) is 5.02 Å². The Morgan fingerprint density at radius 2 is 1.74 bits per heavy atom. The number of carbonyl (C=O) groups is 1. The van der Waals surface area contributed by atoms with E-state index in [1.165, 1.54) is 0 Å². The molecule has 2 nitrogen and oxygen atoms in total. The van der Waals surface area contributed by atoms with Crippen molar-refractivity contribution in [3.63, 3.8) is 0 Å². The molecule has 19 heavy (non-hydrogen) atoms. The Kier molecular flexibility index (Phi) is 4.58. The number of rotatable bonds is 4. The van der Waals surface area contributed by atoms with Crippen molar-refractivity contribution < 1.29 is 4.79 Å². The summed E-state index contributed by atoms with van der Waals surface area (Å²) in [4.78, 5) is 12.0. The first-order valence-electron chi connectivity index (χ1n) is 6.24. The Balaban J connectivity index is 1.97. The second kappa shape index (κ2) is 6.39. The van der Waals surface area contributed by atoms with E-state index in [-0.39, 0.29) is 11.9 Å². The average Bonchev–Trinajstić information content (AvgIpc) is 2.42. The van der Waals surface area contributed by atoms with Gasteiger partial charge in [0.2, 0.25) is 5.91 Å². The van der Waals surface area contributed by atoms with E-state index in [1.54, 1.807) is 6.07 Å². The van der Waals surface area contributed by atoms with Crippen molar-refractivity contribution in [2.24, 2.45) is 0 Å². The quantitative estimate of drug-likeness (QED) is 0.903. The summed E-state index contributed by atoms with van der Waals surface area (Å²) in [6, 6.07) is 17.3. The molecule has 0 aromatic heterocycles. The van der Waals surface area contributed by atoms with E-state index in [4.69, 9.17) is 11.6 Å². The maximum Gasteiger partial charge on any atom is 0.224 e. The number of nitrogens with one attached hydrogen (secondary N) is 1. The number of benzene rings is 2. The monoisotopic (exact) mass is 273 g/mol. The van der Waals surface area contributed by atoms with Gasteiger partial charge in [-0.25, -0.2) is 0 Å². The summed E-state index contributed by atoms with van der Waals surface area (Å²) < 4.78 is 0. The number of halogens is 1. The molecule has 0 saturated carbocycles.